The van der Waals surface area contributed by atoms with Crippen LogP contribution in [0.5, 0.6) is 0 Å². The number of rotatable bonds is 4. The van der Waals surface area contributed by atoms with Gasteiger partial charge in [0.2, 0.25) is 5.91 Å². The number of carboxylic acid groups (broad SMARTS) is 1. The number of benzene rings is 1. The van der Waals surface area contributed by atoms with E-state index >= 15 is 0 Å². The molecule has 9 heteroatoms. The van der Waals surface area contributed by atoms with Crippen LogP contribution in [0, 0.1) is 17.3 Å². The molecule has 1 saturated carbocycles. The lowest BCUT2D eigenvalue weighted by molar-refractivity contribution is -0.156. The average Bonchev–Trinajstić information content (AvgIpc) is 2.90. The van der Waals surface area contributed by atoms with Crippen LogP contribution < -0.4 is 16.2 Å². The van der Waals surface area contributed by atoms with E-state index in [0.29, 0.717) is 5.56 Å². The number of halogens is 3. The summed E-state index contributed by atoms with van der Waals surface area (Å²) in [4.78, 5) is 23.7. The number of hydrogen-bond acceptors (Lipinski definition) is 4. The van der Waals surface area contributed by atoms with Gasteiger partial charge in [0.1, 0.15) is 12.2 Å². The molecule has 0 spiro atoms. The highest BCUT2D eigenvalue weighted by Crippen LogP contribution is 2.58. The second kappa shape index (κ2) is 6.24. The largest absolute Gasteiger partial charge is 0.481 e. The Kier molecular flexibility index (Phi) is 4.48. The smallest absolute Gasteiger partial charge is 0.405 e. The third-order valence-corrected chi connectivity index (χ3v) is 5.32. The van der Waals surface area contributed by atoms with E-state index in [1.54, 1.807) is 44.2 Å². The van der Waals surface area contributed by atoms with Gasteiger partial charge in [-0.25, -0.2) is 10.9 Å². The Morgan fingerprint density at radius 1 is 1.12 bits per heavy atom. The molecule has 1 heterocycles. The van der Waals surface area contributed by atoms with Gasteiger partial charge in [0, 0.05) is 5.92 Å². The van der Waals surface area contributed by atoms with E-state index in [-0.39, 0.29) is 0 Å². The summed E-state index contributed by atoms with van der Waals surface area (Å²) in [5, 5.41) is 11.7. The molecule has 0 radical (unpaired) electrons. The molecular weight excluding hydrogens is 351 g/mol. The van der Waals surface area contributed by atoms with Gasteiger partial charge in [-0.05, 0) is 11.0 Å². The monoisotopic (exact) mass is 371 g/mol. The van der Waals surface area contributed by atoms with Crippen molar-refractivity contribution in [3.05, 3.63) is 35.9 Å². The molecule has 6 nitrogen and oxygen atoms in total. The van der Waals surface area contributed by atoms with Gasteiger partial charge < -0.3 is 10.4 Å². The van der Waals surface area contributed by atoms with Gasteiger partial charge in [0.15, 0.2) is 0 Å². The molecule has 4 N–H and O–H groups in total. The summed E-state index contributed by atoms with van der Waals surface area (Å²) >= 11 is 0. The molecule has 1 amide bonds. The van der Waals surface area contributed by atoms with E-state index in [1.807, 2.05) is 0 Å². The van der Waals surface area contributed by atoms with Crippen LogP contribution in [0.3, 0.4) is 0 Å². The summed E-state index contributed by atoms with van der Waals surface area (Å²) in [5.74, 6) is -4.34. The normalized spacial score (nSPS) is 32.9. The Morgan fingerprint density at radius 2 is 1.73 bits per heavy atom. The van der Waals surface area contributed by atoms with Crippen LogP contribution in [0.15, 0.2) is 30.3 Å². The van der Waals surface area contributed by atoms with Crippen LogP contribution in [0.25, 0.3) is 0 Å². The predicted octanol–water partition coefficient (Wildman–Crippen LogP) is 1.61. The zero-order valence-electron chi connectivity index (χ0n) is 14.2. The minimum atomic E-state index is -4.52. The molecule has 1 saturated heterocycles. The van der Waals surface area contributed by atoms with Gasteiger partial charge in [0.25, 0.3) is 0 Å². The number of hydrazine groups is 1. The summed E-state index contributed by atoms with van der Waals surface area (Å²) in [5.41, 5.74) is 4.40. The van der Waals surface area contributed by atoms with Gasteiger partial charge in [-0.3, -0.25) is 9.59 Å². The first-order valence-electron chi connectivity index (χ1n) is 8.21. The zero-order valence-corrected chi connectivity index (χ0v) is 14.2. The van der Waals surface area contributed by atoms with E-state index in [4.69, 9.17) is 0 Å². The Morgan fingerprint density at radius 3 is 2.23 bits per heavy atom. The number of carbonyl (C=O) groups excluding carboxylic acids is 1. The van der Waals surface area contributed by atoms with Gasteiger partial charge in [-0.1, -0.05) is 44.2 Å². The van der Waals surface area contributed by atoms with Crippen molar-refractivity contribution >= 4 is 11.9 Å². The third kappa shape index (κ3) is 3.16. The molecule has 26 heavy (non-hydrogen) atoms. The highest BCUT2D eigenvalue weighted by atomic mass is 19.4. The van der Waals surface area contributed by atoms with Crippen molar-refractivity contribution < 1.29 is 27.9 Å². The van der Waals surface area contributed by atoms with Crippen molar-refractivity contribution in [2.45, 2.75) is 38.1 Å². The molecule has 1 aromatic rings. The van der Waals surface area contributed by atoms with Crippen LogP contribution in [0.4, 0.5) is 13.2 Å². The predicted molar refractivity (Wildman–Crippen MR) is 85.6 cm³/mol. The summed E-state index contributed by atoms with van der Waals surface area (Å²) in [7, 11) is 0. The second-order valence-corrected chi connectivity index (χ2v) is 7.35. The van der Waals surface area contributed by atoms with Crippen molar-refractivity contribution in [1.29, 1.82) is 0 Å². The molecule has 2 aliphatic rings. The summed E-state index contributed by atoms with van der Waals surface area (Å²) in [6, 6.07) is 6.21. The van der Waals surface area contributed by atoms with E-state index in [1.165, 1.54) is 0 Å². The molecular formula is C17H20F3N3O3. The number of amides is 1. The maximum Gasteiger partial charge on any atom is 0.405 e. The number of alkyl halides is 3. The lowest BCUT2D eigenvalue weighted by Crippen LogP contribution is -2.47. The van der Waals surface area contributed by atoms with Gasteiger partial charge in [-0.2, -0.15) is 13.2 Å². The van der Waals surface area contributed by atoms with Crippen molar-refractivity contribution in [1.82, 2.24) is 16.2 Å². The van der Waals surface area contributed by atoms with E-state index in [2.05, 4.69) is 16.2 Å². The molecule has 1 aromatic carbocycles. The number of hydrogen-bond donors (Lipinski definition) is 4. The topological polar surface area (TPSA) is 90.5 Å². The molecule has 5 unspecified atom stereocenters. The fourth-order valence-electron chi connectivity index (χ4n) is 3.85. The van der Waals surface area contributed by atoms with Crippen molar-refractivity contribution in [3.8, 4) is 0 Å². The van der Waals surface area contributed by atoms with E-state index in [0.717, 1.165) is 0 Å². The van der Waals surface area contributed by atoms with Gasteiger partial charge in [-0.15, -0.1) is 0 Å². The molecule has 2 fully saturated rings. The van der Waals surface area contributed by atoms with Crippen molar-refractivity contribution in [2.24, 2.45) is 17.3 Å². The van der Waals surface area contributed by atoms with Crippen LogP contribution in [-0.2, 0) is 9.59 Å². The van der Waals surface area contributed by atoms with Crippen molar-refractivity contribution in [3.63, 3.8) is 0 Å². The number of aliphatic carboxylic acids is 1. The third-order valence-electron chi connectivity index (χ3n) is 5.32. The molecule has 0 bridgehead atoms. The van der Waals surface area contributed by atoms with Crippen molar-refractivity contribution in [2.75, 3.05) is 0 Å². The fraction of sp³-hybridized carbons (Fsp3) is 0.529. The lowest BCUT2D eigenvalue weighted by Gasteiger charge is -2.25. The Labute approximate surface area is 148 Å². The minimum absolute atomic E-state index is 0.419. The van der Waals surface area contributed by atoms with Crippen LogP contribution in [-0.4, -0.2) is 35.4 Å². The molecule has 3 rings (SSSR count). The van der Waals surface area contributed by atoms with Crippen LogP contribution in [0.2, 0.25) is 0 Å². The maximum atomic E-state index is 13.4. The maximum absolute atomic E-state index is 13.4. The molecule has 1 aliphatic carbocycles. The Bertz CT molecular complexity index is 708. The quantitative estimate of drug-likeness (QED) is 0.646. The van der Waals surface area contributed by atoms with Crippen LogP contribution in [0.1, 0.15) is 25.3 Å². The first-order chi connectivity index (χ1) is 12.0. The highest BCUT2D eigenvalue weighted by molar-refractivity contribution is 5.91. The molecule has 142 valence electrons. The first-order valence-corrected chi connectivity index (χ1v) is 8.21. The van der Waals surface area contributed by atoms with E-state index < -0.39 is 53.4 Å². The lowest BCUT2D eigenvalue weighted by atomic mass is 9.90. The minimum Gasteiger partial charge on any atom is -0.481 e. The van der Waals surface area contributed by atoms with E-state index in [9.17, 15) is 27.9 Å². The number of carboxylic acids is 1. The highest BCUT2D eigenvalue weighted by Gasteiger charge is 2.66. The fourth-order valence-corrected chi connectivity index (χ4v) is 3.85. The molecule has 1 aliphatic heterocycles. The second-order valence-electron chi connectivity index (χ2n) is 7.35. The molecule has 0 aromatic heterocycles. The number of carbonyl (C=O) groups is 2. The molecule has 5 atom stereocenters. The summed E-state index contributed by atoms with van der Waals surface area (Å²) < 4.78 is 40.1. The Balaban J connectivity index is 1.81. The van der Waals surface area contributed by atoms with Gasteiger partial charge in [0.05, 0.1) is 11.8 Å². The van der Waals surface area contributed by atoms with Crippen LogP contribution >= 0.6 is 0 Å². The first kappa shape index (κ1) is 18.7. The zero-order chi connectivity index (χ0) is 19.3. The average molecular weight is 371 g/mol. The SMILES string of the molecule is CC1(C)C(C(=O)O)C1C(=O)NC1NNC(C(F)(F)F)C1c1ccccc1. The van der Waals surface area contributed by atoms with Gasteiger partial charge >= 0.3 is 12.1 Å². The standard InChI is InChI=1S/C17H20F3N3O3/c1-16(2)10(11(16)15(25)26)14(24)21-13-9(8-6-4-3-5-7-8)12(22-23-13)17(18,19)20/h3-7,9-13,22-23H,1-2H3,(H,21,24)(H,25,26). The Hall–Kier alpha value is -2.13. The summed E-state index contributed by atoms with van der Waals surface area (Å²) in [6.07, 6.45) is -5.53. The number of nitrogens with one attached hydrogen (secondary N) is 3. The summed E-state index contributed by atoms with van der Waals surface area (Å²) in [6.45, 7) is 3.31.